The molecule has 0 saturated carbocycles. The molecule has 0 radical (unpaired) electrons. The van der Waals surface area contributed by atoms with E-state index in [1.54, 1.807) is 37.5 Å². The second kappa shape index (κ2) is 8.57. The van der Waals surface area contributed by atoms with Crippen molar-refractivity contribution in [3.8, 4) is 28.7 Å². The normalized spacial score (nSPS) is 18.2. The van der Waals surface area contributed by atoms with Gasteiger partial charge in [0.2, 0.25) is 5.78 Å². The zero-order chi connectivity index (χ0) is 23.0. The zero-order valence-corrected chi connectivity index (χ0v) is 18.8. The quantitative estimate of drug-likeness (QED) is 0.365. The van der Waals surface area contributed by atoms with E-state index in [4.69, 9.17) is 23.7 Å². The number of hydrogen-bond donors (Lipinski definition) is 0. The Bertz CT molecular complexity index is 1110. The third-order valence-electron chi connectivity index (χ3n) is 5.66. The highest BCUT2D eigenvalue weighted by molar-refractivity contribution is 6.15. The van der Waals surface area contributed by atoms with Gasteiger partial charge in [0, 0.05) is 23.1 Å². The van der Waals surface area contributed by atoms with Crippen molar-refractivity contribution in [3.63, 3.8) is 0 Å². The maximum atomic E-state index is 13.2. The third kappa shape index (κ3) is 3.79. The Hall–Kier alpha value is -3.48. The molecule has 7 heteroatoms. The van der Waals surface area contributed by atoms with E-state index in [-0.39, 0.29) is 29.9 Å². The van der Waals surface area contributed by atoms with Crippen molar-refractivity contribution in [1.29, 1.82) is 0 Å². The Morgan fingerprint density at radius 1 is 1.00 bits per heavy atom. The molecule has 0 amide bonds. The lowest BCUT2D eigenvalue weighted by Crippen LogP contribution is -2.21. The minimum absolute atomic E-state index is 0.0658. The second-order valence-electron chi connectivity index (χ2n) is 8.25. The molecule has 7 nitrogen and oxygen atoms in total. The lowest BCUT2D eigenvalue weighted by molar-refractivity contribution is -0.136. The summed E-state index contributed by atoms with van der Waals surface area (Å²) < 4.78 is 27.7. The van der Waals surface area contributed by atoms with Crippen LogP contribution in [0.5, 0.6) is 28.7 Å². The molecule has 2 heterocycles. The van der Waals surface area contributed by atoms with E-state index in [9.17, 15) is 9.59 Å². The Balaban J connectivity index is 1.78. The summed E-state index contributed by atoms with van der Waals surface area (Å²) in [5.74, 6) is 2.43. The van der Waals surface area contributed by atoms with Crippen LogP contribution in [0.4, 0.5) is 0 Å². The van der Waals surface area contributed by atoms with E-state index in [1.807, 2.05) is 0 Å². The molecular formula is C25H26O7. The topological polar surface area (TPSA) is 80.3 Å². The predicted octanol–water partition coefficient (Wildman–Crippen LogP) is 4.77. The van der Waals surface area contributed by atoms with Crippen LogP contribution in [0, 0.1) is 5.92 Å². The number of Topliss-reactive ketones (excluding diaryl/α,β-unsaturated/α-hetero) is 1. The van der Waals surface area contributed by atoms with Gasteiger partial charge in [0.15, 0.2) is 17.3 Å². The van der Waals surface area contributed by atoms with Gasteiger partial charge in [-0.15, -0.1) is 0 Å². The predicted molar refractivity (Wildman–Crippen MR) is 118 cm³/mol. The second-order valence-corrected chi connectivity index (χ2v) is 8.25. The van der Waals surface area contributed by atoms with E-state index in [1.165, 1.54) is 14.2 Å². The fraction of sp³-hybridized carbons (Fsp3) is 0.360. The number of ketones is 1. The summed E-state index contributed by atoms with van der Waals surface area (Å²) in [7, 11) is 4.62. The maximum absolute atomic E-state index is 13.2. The smallest absolute Gasteiger partial charge is 0.311 e. The summed E-state index contributed by atoms with van der Waals surface area (Å²) in [6, 6.07) is 6.74. The van der Waals surface area contributed by atoms with Crippen LogP contribution in [-0.2, 0) is 4.79 Å². The molecule has 2 aromatic rings. The standard InChI is InChI=1S/C25H26O7/c1-13(2)8-15-11-22(26)31-17-7-6-16-24(27)21(32-25(16)23(15)17)10-14-9-19(29-4)20(30-5)12-18(14)28-3/h6-7,9-10,12-13,15H,8,11H2,1-5H3/b21-10-/t15-/m0/s1. The minimum atomic E-state index is -0.266. The molecule has 0 aromatic heterocycles. The van der Waals surface area contributed by atoms with Gasteiger partial charge in [-0.05, 0) is 36.6 Å². The van der Waals surface area contributed by atoms with Crippen molar-refractivity contribution < 1.29 is 33.3 Å². The van der Waals surface area contributed by atoms with E-state index in [0.29, 0.717) is 45.8 Å². The molecule has 168 valence electrons. The number of allylic oxidation sites excluding steroid dienone is 1. The molecular weight excluding hydrogens is 412 g/mol. The van der Waals surface area contributed by atoms with Gasteiger partial charge in [0.05, 0.1) is 33.3 Å². The summed E-state index contributed by atoms with van der Waals surface area (Å²) in [6.07, 6.45) is 2.68. The van der Waals surface area contributed by atoms with Gasteiger partial charge in [-0.25, -0.2) is 0 Å². The number of hydrogen-bond acceptors (Lipinski definition) is 7. The lowest BCUT2D eigenvalue weighted by Gasteiger charge is -2.27. The number of carbonyl (C=O) groups is 2. The molecule has 0 fully saturated rings. The molecule has 0 saturated heterocycles. The Labute approximate surface area is 186 Å². The number of methoxy groups -OCH3 is 3. The van der Waals surface area contributed by atoms with E-state index in [2.05, 4.69) is 13.8 Å². The molecule has 0 N–H and O–H groups in total. The van der Waals surface area contributed by atoms with Crippen LogP contribution >= 0.6 is 0 Å². The summed E-state index contributed by atoms with van der Waals surface area (Å²) in [4.78, 5) is 25.3. The molecule has 0 unspecified atom stereocenters. The minimum Gasteiger partial charge on any atom is -0.496 e. The molecule has 0 spiro atoms. The molecule has 2 aliphatic heterocycles. The van der Waals surface area contributed by atoms with Crippen molar-refractivity contribution in [2.45, 2.75) is 32.6 Å². The fourth-order valence-electron chi connectivity index (χ4n) is 4.27. The van der Waals surface area contributed by atoms with Crippen LogP contribution in [-0.4, -0.2) is 33.1 Å². The van der Waals surface area contributed by atoms with Crippen molar-refractivity contribution in [2.75, 3.05) is 21.3 Å². The Morgan fingerprint density at radius 2 is 1.69 bits per heavy atom. The Kier molecular flexibility index (Phi) is 5.82. The summed E-state index contributed by atoms with van der Waals surface area (Å²) in [6.45, 7) is 4.20. The number of rotatable bonds is 6. The summed E-state index contributed by atoms with van der Waals surface area (Å²) in [5.41, 5.74) is 1.85. The van der Waals surface area contributed by atoms with Crippen molar-refractivity contribution in [2.24, 2.45) is 5.92 Å². The largest absolute Gasteiger partial charge is 0.496 e. The van der Waals surface area contributed by atoms with Crippen molar-refractivity contribution in [1.82, 2.24) is 0 Å². The van der Waals surface area contributed by atoms with Crippen LogP contribution in [0.25, 0.3) is 6.08 Å². The molecule has 2 aromatic carbocycles. The maximum Gasteiger partial charge on any atom is 0.311 e. The molecule has 32 heavy (non-hydrogen) atoms. The number of carbonyl (C=O) groups excluding carboxylic acids is 2. The van der Waals surface area contributed by atoms with Gasteiger partial charge in [0.1, 0.15) is 17.2 Å². The fourth-order valence-corrected chi connectivity index (χ4v) is 4.27. The SMILES string of the molecule is COc1cc(OC)c(OC)cc1/C=C1\Oc2c(ccc3c2[C@@H](CC(C)C)CC(=O)O3)C1=O. The van der Waals surface area contributed by atoms with Crippen LogP contribution in [0.2, 0.25) is 0 Å². The van der Waals surface area contributed by atoms with E-state index in [0.717, 1.165) is 12.0 Å². The van der Waals surface area contributed by atoms with Crippen molar-refractivity contribution >= 4 is 17.8 Å². The van der Waals surface area contributed by atoms with Gasteiger partial charge < -0.3 is 23.7 Å². The van der Waals surface area contributed by atoms with Gasteiger partial charge in [-0.1, -0.05) is 13.8 Å². The van der Waals surface area contributed by atoms with Crippen LogP contribution < -0.4 is 23.7 Å². The summed E-state index contributed by atoms with van der Waals surface area (Å²) >= 11 is 0. The average Bonchev–Trinajstić information content (AvgIpc) is 3.07. The monoisotopic (exact) mass is 438 g/mol. The summed E-state index contributed by atoms with van der Waals surface area (Å²) in [5, 5.41) is 0. The molecule has 4 rings (SSSR count). The number of esters is 1. The van der Waals surface area contributed by atoms with Crippen molar-refractivity contribution in [3.05, 3.63) is 46.7 Å². The van der Waals surface area contributed by atoms with Gasteiger partial charge in [-0.3, -0.25) is 9.59 Å². The average molecular weight is 438 g/mol. The first-order chi connectivity index (χ1) is 15.4. The van der Waals surface area contributed by atoms with Gasteiger partial charge in [0.25, 0.3) is 0 Å². The highest BCUT2D eigenvalue weighted by atomic mass is 16.5. The third-order valence-corrected chi connectivity index (χ3v) is 5.66. The Morgan fingerprint density at radius 3 is 2.34 bits per heavy atom. The number of ether oxygens (including phenoxy) is 5. The van der Waals surface area contributed by atoms with Crippen LogP contribution in [0.15, 0.2) is 30.0 Å². The number of fused-ring (bicyclic) bond motifs is 3. The van der Waals surface area contributed by atoms with Crippen LogP contribution in [0.1, 0.15) is 54.1 Å². The van der Waals surface area contributed by atoms with E-state index < -0.39 is 0 Å². The molecule has 0 aliphatic carbocycles. The first kappa shape index (κ1) is 21.7. The highest BCUT2D eigenvalue weighted by Crippen LogP contribution is 2.49. The van der Waals surface area contributed by atoms with Gasteiger partial charge in [-0.2, -0.15) is 0 Å². The first-order valence-corrected chi connectivity index (χ1v) is 10.5. The first-order valence-electron chi connectivity index (χ1n) is 10.5. The number of benzene rings is 2. The molecule has 1 atom stereocenters. The van der Waals surface area contributed by atoms with Crippen LogP contribution in [0.3, 0.4) is 0 Å². The van der Waals surface area contributed by atoms with Gasteiger partial charge >= 0.3 is 5.97 Å². The lowest BCUT2D eigenvalue weighted by atomic mass is 9.84. The van der Waals surface area contributed by atoms with E-state index >= 15 is 0 Å². The zero-order valence-electron chi connectivity index (χ0n) is 18.8. The molecule has 0 bridgehead atoms. The molecule has 2 aliphatic rings. The highest BCUT2D eigenvalue weighted by Gasteiger charge is 2.38.